The van der Waals surface area contributed by atoms with Gasteiger partial charge in [-0.05, 0) is 63.9 Å². The Hall–Kier alpha value is -3.62. The van der Waals surface area contributed by atoms with E-state index in [1.54, 1.807) is 11.3 Å². The van der Waals surface area contributed by atoms with Crippen LogP contribution in [-0.2, 0) is 19.6 Å². The number of benzene rings is 2. The van der Waals surface area contributed by atoms with Gasteiger partial charge in [0.2, 0.25) is 0 Å². The molecular formula is C27H28N6OS. The summed E-state index contributed by atoms with van der Waals surface area (Å²) in [6, 6.07) is 22.5. The largest absolute Gasteiger partial charge is 0.322 e. The smallest absolute Gasteiger partial charge is 0.252 e. The van der Waals surface area contributed by atoms with Crippen LogP contribution in [0, 0.1) is 6.92 Å². The minimum atomic E-state index is -0.0574. The monoisotopic (exact) mass is 484 g/mol. The normalized spacial score (nSPS) is 12.4. The number of tetrazole rings is 1. The molecule has 0 fully saturated rings. The highest BCUT2D eigenvalue weighted by Crippen LogP contribution is 2.28. The average Bonchev–Trinajstić information content (AvgIpc) is 3.53. The predicted molar refractivity (Wildman–Crippen MR) is 139 cm³/mol. The van der Waals surface area contributed by atoms with E-state index in [9.17, 15) is 4.79 Å². The van der Waals surface area contributed by atoms with Crippen LogP contribution in [-0.4, -0.2) is 30.1 Å². The topological polar surface area (TPSA) is 79.7 Å². The zero-order valence-corrected chi connectivity index (χ0v) is 20.7. The molecule has 35 heavy (non-hydrogen) atoms. The van der Waals surface area contributed by atoms with Gasteiger partial charge < -0.3 is 4.98 Å². The average molecular weight is 485 g/mol. The molecule has 3 aromatic heterocycles. The number of thiophene rings is 1. The number of aromatic amines is 1. The number of nitrogens with zero attached hydrogens (tertiary/aromatic N) is 5. The van der Waals surface area contributed by atoms with Gasteiger partial charge in [0.15, 0.2) is 5.82 Å². The Morgan fingerprint density at radius 2 is 1.91 bits per heavy atom. The lowest BCUT2D eigenvalue weighted by Crippen LogP contribution is -2.32. The van der Waals surface area contributed by atoms with Crippen LogP contribution < -0.4 is 5.56 Å². The molecule has 0 aliphatic heterocycles. The fraction of sp³-hybridized carbons (Fsp3) is 0.259. The Morgan fingerprint density at radius 3 is 2.69 bits per heavy atom. The molecule has 0 aliphatic carbocycles. The maximum Gasteiger partial charge on any atom is 0.252 e. The number of nitrogens with one attached hydrogen (secondary N) is 1. The summed E-state index contributed by atoms with van der Waals surface area (Å²) in [4.78, 5) is 19.7. The van der Waals surface area contributed by atoms with E-state index in [0.29, 0.717) is 19.6 Å². The molecular weight excluding hydrogens is 456 g/mol. The van der Waals surface area contributed by atoms with Gasteiger partial charge in [-0.3, -0.25) is 9.69 Å². The molecule has 7 nitrogen and oxygen atoms in total. The first-order chi connectivity index (χ1) is 17.1. The van der Waals surface area contributed by atoms with E-state index in [2.05, 4.69) is 74.1 Å². The molecule has 0 bridgehead atoms. The van der Waals surface area contributed by atoms with Crippen molar-refractivity contribution in [1.82, 2.24) is 30.1 Å². The van der Waals surface area contributed by atoms with Crippen LogP contribution in [0.3, 0.4) is 0 Å². The second kappa shape index (κ2) is 10.3. The third-order valence-corrected chi connectivity index (χ3v) is 7.11. The van der Waals surface area contributed by atoms with Crippen LogP contribution >= 0.6 is 11.3 Å². The lowest BCUT2D eigenvalue weighted by atomic mass is 10.1. The summed E-state index contributed by atoms with van der Waals surface area (Å²) < 4.78 is 1.87. The molecule has 0 saturated heterocycles. The minimum Gasteiger partial charge on any atom is -0.322 e. The number of hydrogen-bond donors (Lipinski definition) is 1. The van der Waals surface area contributed by atoms with Crippen molar-refractivity contribution in [2.45, 2.75) is 45.9 Å². The molecule has 3 heterocycles. The first-order valence-electron chi connectivity index (χ1n) is 11.8. The predicted octanol–water partition coefficient (Wildman–Crippen LogP) is 5.09. The molecule has 0 amide bonds. The van der Waals surface area contributed by atoms with E-state index in [4.69, 9.17) is 0 Å². The van der Waals surface area contributed by atoms with Crippen LogP contribution in [0.15, 0.2) is 76.9 Å². The second-order valence-electron chi connectivity index (χ2n) is 8.80. The Labute approximate surface area is 208 Å². The van der Waals surface area contributed by atoms with Crippen LogP contribution in [0.2, 0.25) is 0 Å². The number of H-pyrrole nitrogens is 1. The molecule has 1 N–H and O–H groups in total. The molecule has 2 aromatic carbocycles. The summed E-state index contributed by atoms with van der Waals surface area (Å²) in [5.41, 5.74) is 3.80. The van der Waals surface area contributed by atoms with Gasteiger partial charge in [-0.2, -0.15) is 0 Å². The van der Waals surface area contributed by atoms with E-state index in [-0.39, 0.29) is 11.6 Å². The summed E-state index contributed by atoms with van der Waals surface area (Å²) >= 11 is 1.72. The lowest BCUT2D eigenvalue weighted by Gasteiger charge is -2.30. The molecule has 1 atom stereocenters. The summed E-state index contributed by atoms with van der Waals surface area (Å²) in [6.45, 7) is 5.97. The van der Waals surface area contributed by atoms with Crippen molar-refractivity contribution >= 4 is 22.2 Å². The standard InChI is InChI=1S/C27H28N6OS/c1-3-25(26-29-30-31-33(26)16-20-8-5-4-6-9-20)32(18-23-10-7-13-35-23)17-22-15-21-12-11-19(2)14-24(21)28-27(22)34/h4-15,25H,3,16-18H2,1-2H3,(H,28,34)/t25-/m0/s1. The zero-order valence-electron chi connectivity index (χ0n) is 19.9. The molecule has 0 radical (unpaired) electrons. The Morgan fingerprint density at radius 1 is 1.06 bits per heavy atom. The summed E-state index contributed by atoms with van der Waals surface area (Å²) in [7, 11) is 0. The van der Waals surface area contributed by atoms with Crippen LogP contribution in [0.25, 0.3) is 10.9 Å². The third kappa shape index (κ3) is 5.23. The molecule has 0 unspecified atom stereocenters. The number of fused-ring (bicyclic) bond motifs is 1. The van der Waals surface area contributed by atoms with Gasteiger partial charge in [0.25, 0.3) is 5.56 Å². The fourth-order valence-electron chi connectivity index (χ4n) is 4.50. The first-order valence-corrected chi connectivity index (χ1v) is 12.7. The molecule has 0 saturated carbocycles. The van der Waals surface area contributed by atoms with E-state index < -0.39 is 0 Å². The highest BCUT2D eigenvalue weighted by Gasteiger charge is 2.26. The van der Waals surface area contributed by atoms with E-state index >= 15 is 0 Å². The maximum absolute atomic E-state index is 13.1. The fourth-order valence-corrected chi connectivity index (χ4v) is 5.23. The van der Waals surface area contributed by atoms with Gasteiger partial charge in [-0.15, -0.1) is 16.4 Å². The van der Waals surface area contributed by atoms with Crippen molar-refractivity contribution < 1.29 is 0 Å². The summed E-state index contributed by atoms with van der Waals surface area (Å²) in [6.07, 6.45) is 0.811. The van der Waals surface area contributed by atoms with Gasteiger partial charge in [-0.25, -0.2) is 4.68 Å². The number of pyridine rings is 1. The van der Waals surface area contributed by atoms with E-state index in [0.717, 1.165) is 39.8 Å². The van der Waals surface area contributed by atoms with Crippen molar-refractivity contribution in [1.29, 1.82) is 0 Å². The molecule has 5 rings (SSSR count). The zero-order chi connectivity index (χ0) is 24.2. The number of aromatic nitrogens is 5. The number of aryl methyl sites for hydroxylation is 1. The van der Waals surface area contributed by atoms with Gasteiger partial charge in [-0.1, -0.05) is 55.5 Å². The molecule has 0 aliphatic rings. The summed E-state index contributed by atoms with van der Waals surface area (Å²) in [5.74, 6) is 0.806. The second-order valence-corrected chi connectivity index (χ2v) is 9.84. The Kier molecular flexibility index (Phi) is 6.83. The molecule has 8 heteroatoms. The molecule has 5 aromatic rings. The first kappa shape index (κ1) is 23.1. The lowest BCUT2D eigenvalue weighted by molar-refractivity contribution is 0.163. The van der Waals surface area contributed by atoms with E-state index in [1.807, 2.05) is 41.9 Å². The molecule has 0 spiro atoms. The van der Waals surface area contributed by atoms with Crippen LogP contribution in [0.1, 0.15) is 46.8 Å². The highest BCUT2D eigenvalue weighted by molar-refractivity contribution is 7.09. The number of hydrogen-bond acceptors (Lipinski definition) is 6. The summed E-state index contributed by atoms with van der Waals surface area (Å²) in [5, 5.41) is 15.9. The highest BCUT2D eigenvalue weighted by atomic mass is 32.1. The van der Waals surface area contributed by atoms with Gasteiger partial charge in [0, 0.05) is 29.0 Å². The van der Waals surface area contributed by atoms with Gasteiger partial charge in [0.05, 0.1) is 12.6 Å². The Balaban J connectivity index is 1.50. The van der Waals surface area contributed by atoms with Crippen molar-refractivity contribution in [3.8, 4) is 0 Å². The molecule has 178 valence electrons. The maximum atomic E-state index is 13.1. The van der Waals surface area contributed by atoms with Crippen molar-refractivity contribution in [3.63, 3.8) is 0 Å². The van der Waals surface area contributed by atoms with Gasteiger partial charge >= 0.3 is 0 Å². The van der Waals surface area contributed by atoms with Crippen molar-refractivity contribution in [2.75, 3.05) is 0 Å². The quantitative estimate of drug-likeness (QED) is 0.315. The van der Waals surface area contributed by atoms with Crippen LogP contribution in [0.4, 0.5) is 0 Å². The van der Waals surface area contributed by atoms with Crippen molar-refractivity contribution in [2.24, 2.45) is 0 Å². The van der Waals surface area contributed by atoms with Crippen LogP contribution in [0.5, 0.6) is 0 Å². The van der Waals surface area contributed by atoms with Gasteiger partial charge in [0.1, 0.15) is 0 Å². The third-order valence-electron chi connectivity index (χ3n) is 6.25. The minimum absolute atomic E-state index is 0.0519. The Bertz CT molecular complexity index is 1460. The SMILES string of the molecule is CC[C@@H](c1nnnn1Cc1ccccc1)N(Cc1cccs1)Cc1cc2ccc(C)cc2[nH]c1=O. The van der Waals surface area contributed by atoms with Crippen molar-refractivity contribution in [3.05, 3.63) is 110 Å². The van der Waals surface area contributed by atoms with E-state index in [1.165, 1.54) is 4.88 Å². The number of rotatable bonds is 9.